The quantitative estimate of drug-likeness (QED) is 0.603. The lowest BCUT2D eigenvalue weighted by molar-refractivity contribution is 0.474. The van der Waals surface area contributed by atoms with Crippen LogP contribution in [0.15, 0.2) is 24.8 Å². The molecule has 0 radical (unpaired) electrons. The maximum absolute atomic E-state index is 9.21. The Balaban J connectivity index is 3.38. The van der Waals surface area contributed by atoms with E-state index in [4.69, 9.17) is 6.57 Å². The Morgan fingerprint density at radius 2 is 2.27 bits per heavy atom. The van der Waals surface area contributed by atoms with Gasteiger partial charge in [-0.05, 0) is 6.07 Å². The summed E-state index contributed by atoms with van der Waals surface area (Å²) >= 11 is 0. The molecule has 0 saturated carbocycles. The topological polar surface area (TPSA) is 24.6 Å². The van der Waals surface area contributed by atoms with Crippen molar-refractivity contribution in [2.24, 2.45) is 0 Å². The number of hydrogen-bond acceptors (Lipinski definition) is 1. The SMILES string of the molecule is [C-]#[N+]c1cccc(O)c1C=C. The average molecular weight is 145 g/mol. The molecule has 0 unspecified atom stereocenters. The van der Waals surface area contributed by atoms with Crippen LogP contribution in [-0.4, -0.2) is 5.11 Å². The Kier molecular flexibility index (Phi) is 1.93. The minimum absolute atomic E-state index is 0.105. The lowest BCUT2D eigenvalue weighted by atomic mass is 10.1. The van der Waals surface area contributed by atoms with Crippen LogP contribution < -0.4 is 0 Å². The van der Waals surface area contributed by atoms with Crippen LogP contribution in [0.3, 0.4) is 0 Å². The molecule has 0 amide bonds. The second-order valence-electron chi connectivity index (χ2n) is 2.03. The fraction of sp³-hybridized carbons (Fsp3) is 0. The molecule has 11 heavy (non-hydrogen) atoms. The summed E-state index contributed by atoms with van der Waals surface area (Å²) in [5.74, 6) is 0.105. The molecule has 1 aromatic carbocycles. The summed E-state index contributed by atoms with van der Waals surface area (Å²) in [7, 11) is 0. The minimum Gasteiger partial charge on any atom is -0.509 e. The Bertz CT molecular complexity index is 323. The molecule has 0 aliphatic rings. The van der Waals surface area contributed by atoms with Gasteiger partial charge in [-0.15, -0.1) is 0 Å². The highest BCUT2D eigenvalue weighted by Crippen LogP contribution is 2.28. The molecule has 54 valence electrons. The third-order valence-electron chi connectivity index (χ3n) is 1.38. The van der Waals surface area contributed by atoms with E-state index < -0.39 is 0 Å². The van der Waals surface area contributed by atoms with E-state index in [9.17, 15) is 5.11 Å². The van der Waals surface area contributed by atoms with Gasteiger partial charge in [0.05, 0.1) is 6.57 Å². The van der Waals surface area contributed by atoms with E-state index in [0.29, 0.717) is 11.3 Å². The number of aromatic hydroxyl groups is 1. The van der Waals surface area contributed by atoms with Crippen LogP contribution in [0.5, 0.6) is 5.75 Å². The Hall–Kier alpha value is -1.75. The average Bonchev–Trinajstić information content (AvgIpc) is 2.04. The Labute approximate surface area is 65.2 Å². The van der Waals surface area contributed by atoms with Crippen molar-refractivity contribution in [2.75, 3.05) is 0 Å². The molecule has 0 bridgehead atoms. The van der Waals surface area contributed by atoms with Crippen LogP contribution in [0.25, 0.3) is 10.9 Å². The first-order valence-electron chi connectivity index (χ1n) is 3.11. The molecular weight excluding hydrogens is 138 g/mol. The van der Waals surface area contributed by atoms with Gasteiger partial charge in [-0.25, -0.2) is 4.85 Å². The van der Waals surface area contributed by atoms with E-state index in [-0.39, 0.29) is 5.75 Å². The number of rotatable bonds is 1. The second-order valence-corrected chi connectivity index (χ2v) is 2.03. The van der Waals surface area contributed by atoms with E-state index in [0.717, 1.165) is 0 Å². The van der Waals surface area contributed by atoms with Gasteiger partial charge in [0, 0.05) is 5.56 Å². The predicted molar refractivity (Wildman–Crippen MR) is 44.5 cm³/mol. The molecular formula is C9H7NO. The molecule has 2 nitrogen and oxygen atoms in total. The van der Waals surface area contributed by atoms with Crippen molar-refractivity contribution in [1.82, 2.24) is 0 Å². The molecule has 1 rings (SSSR count). The van der Waals surface area contributed by atoms with E-state index in [2.05, 4.69) is 11.4 Å². The molecule has 0 fully saturated rings. The van der Waals surface area contributed by atoms with Crippen molar-refractivity contribution in [3.05, 3.63) is 41.8 Å². The summed E-state index contributed by atoms with van der Waals surface area (Å²) in [6.45, 7) is 10.2. The van der Waals surface area contributed by atoms with E-state index in [1.165, 1.54) is 12.1 Å². The van der Waals surface area contributed by atoms with Crippen LogP contribution in [-0.2, 0) is 0 Å². The van der Waals surface area contributed by atoms with Gasteiger partial charge in [-0.2, -0.15) is 0 Å². The molecule has 0 atom stereocenters. The lowest BCUT2D eigenvalue weighted by Crippen LogP contribution is -1.72. The molecule has 0 spiro atoms. The zero-order chi connectivity index (χ0) is 8.27. The number of nitrogens with zero attached hydrogens (tertiary/aromatic N) is 1. The molecule has 1 aromatic rings. The monoisotopic (exact) mass is 145 g/mol. The summed E-state index contributed by atoms with van der Waals surface area (Å²) in [5, 5.41) is 9.21. The van der Waals surface area contributed by atoms with E-state index in [1.54, 1.807) is 12.1 Å². The van der Waals surface area contributed by atoms with Crippen LogP contribution in [0, 0.1) is 6.57 Å². The number of phenols is 1. The van der Waals surface area contributed by atoms with Crippen LogP contribution >= 0.6 is 0 Å². The van der Waals surface area contributed by atoms with Crippen molar-refractivity contribution in [1.29, 1.82) is 0 Å². The van der Waals surface area contributed by atoms with Crippen molar-refractivity contribution < 1.29 is 5.11 Å². The fourth-order valence-corrected chi connectivity index (χ4v) is 0.848. The number of hydrogen-bond donors (Lipinski definition) is 1. The van der Waals surface area contributed by atoms with Crippen molar-refractivity contribution in [3.63, 3.8) is 0 Å². The number of phenolic OH excluding ortho intramolecular Hbond substituents is 1. The van der Waals surface area contributed by atoms with Gasteiger partial charge in [0.2, 0.25) is 0 Å². The second kappa shape index (κ2) is 2.89. The van der Waals surface area contributed by atoms with Crippen LogP contribution in [0.1, 0.15) is 5.56 Å². The van der Waals surface area contributed by atoms with Crippen molar-refractivity contribution in [2.45, 2.75) is 0 Å². The van der Waals surface area contributed by atoms with Crippen LogP contribution in [0.2, 0.25) is 0 Å². The van der Waals surface area contributed by atoms with Gasteiger partial charge in [0.15, 0.2) is 5.69 Å². The van der Waals surface area contributed by atoms with Gasteiger partial charge >= 0.3 is 0 Å². The lowest BCUT2D eigenvalue weighted by Gasteiger charge is -1.98. The van der Waals surface area contributed by atoms with E-state index in [1.807, 2.05) is 0 Å². The molecule has 1 N–H and O–H groups in total. The fourth-order valence-electron chi connectivity index (χ4n) is 0.848. The first kappa shape index (κ1) is 7.36. The van der Waals surface area contributed by atoms with Gasteiger partial charge in [0.1, 0.15) is 5.75 Å². The smallest absolute Gasteiger partial charge is 0.197 e. The number of benzene rings is 1. The molecule has 0 saturated heterocycles. The Morgan fingerprint density at radius 1 is 1.55 bits per heavy atom. The van der Waals surface area contributed by atoms with Gasteiger partial charge < -0.3 is 5.11 Å². The first-order valence-corrected chi connectivity index (χ1v) is 3.11. The predicted octanol–water partition coefficient (Wildman–Crippen LogP) is 2.59. The van der Waals surface area contributed by atoms with Gasteiger partial charge in [-0.1, -0.05) is 24.8 Å². The highest BCUT2D eigenvalue weighted by atomic mass is 16.3. The summed E-state index contributed by atoms with van der Waals surface area (Å²) in [6, 6.07) is 4.81. The van der Waals surface area contributed by atoms with E-state index >= 15 is 0 Å². The zero-order valence-corrected chi connectivity index (χ0v) is 5.91. The van der Waals surface area contributed by atoms with Crippen molar-refractivity contribution >= 4 is 11.8 Å². The maximum atomic E-state index is 9.21. The zero-order valence-electron chi connectivity index (χ0n) is 5.91. The first-order chi connectivity index (χ1) is 5.29. The highest BCUT2D eigenvalue weighted by molar-refractivity contribution is 5.71. The molecule has 0 aliphatic carbocycles. The molecule has 0 heterocycles. The molecule has 2 heteroatoms. The Morgan fingerprint density at radius 3 is 2.73 bits per heavy atom. The highest BCUT2D eigenvalue weighted by Gasteiger charge is 2.01. The maximum Gasteiger partial charge on any atom is 0.197 e. The summed E-state index contributed by atoms with van der Waals surface area (Å²) < 4.78 is 0. The van der Waals surface area contributed by atoms with Gasteiger partial charge in [-0.3, -0.25) is 0 Å². The van der Waals surface area contributed by atoms with Crippen molar-refractivity contribution in [3.8, 4) is 5.75 Å². The minimum atomic E-state index is 0.105. The summed E-state index contributed by atoms with van der Waals surface area (Å²) in [4.78, 5) is 3.22. The third-order valence-corrected chi connectivity index (χ3v) is 1.38. The largest absolute Gasteiger partial charge is 0.509 e. The summed E-state index contributed by atoms with van der Waals surface area (Å²) in [5.41, 5.74) is 0.933. The van der Waals surface area contributed by atoms with Crippen LogP contribution in [0.4, 0.5) is 5.69 Å². The standard InChI is InChI=1S/C9H7NO/c1-3-7-8(10-2)5-4-6-9(7)11/h3-6,11H,1H2. The molecule has 0 aromatic heterocycles. The normalized spacial score (nSPS) is 8.64. The molecule has 0 aliphatic heterocycles. The van der Waals surface area contributed by atoms with Gasteiger partial charge in [0.25, 0.3) is 0 Å². The summed E-state index contributed by atoms with van der Waals surface area (Å²) in [6.07, 6.45) is 1.47. The third kappa shape index (κ3) is 1.22.